The Morgan fingerprint density at radius 3 is 1.44 bits per heavy atom. The van der Waals surface area contributed by atoms with Gasteiger partial charge in [0.25, 0.3) is 0 Å². The van der Waals surface area contributed by atoms with Crippen molar-refractivity contribution in [1.29, 1.82) is 0 Å². The van der Waals surface area contributed by atoms with Crippen molar-refractivity contribution in [2.75, 3.05) is 0 Å². The van der Waals surface area contributed by atoms with Gasteiger partial charge in [0.1, 0.15) is 11.4 Å². The average molecular weight is 547 g/mol. The normalized spacial score (nSPS) is 28.8. The number of fused-ring (bicyclic) bond motifs is 13. The fourth-order valence-electron chi connectivity index (χ4n) is 9.96. The standard InChI is InChI=1S/C38H46N2O/c1-16-14-15-27-28(16)32-30-22(7)18(3)20(5)24(9)34(30)40-36(32)35-31(27)29-21(6)17(2)19(4)23(8)33(29)39(35)37(12)25(10)26(11)38(40,13)41-37/h16,25-26H,14-15H2,1-13H3. The van der Waals surface area contributed by atoms with Gasteiger partial charge in [-0.3, -0.25) is 0 Å². The van der Waals surface area contributed by atoms with Crippen molar-refractivity contribution in [2.24, 2.45) is 11.8 Å². The van der Waals surface area contributed by atoms with Crippen LogP contribution in [0, 0.1) is 67.2 Å². The summed E-state index contributed by atoms with van der Waals surface area (Å²) >= 11 is 0. The third-order valence-electron chi connectivity index (χ3n) is 13.4. The summed E-state index contributed by atoms with van der Waals surface area (Å²) in [7, 11) is 0. The Balaban J connectivity index is 1.85. The van der Waals surface area contributed by atoms with E-state index in [2.05, 4.69) is 99.1 Å². The van der Waals surface area contributed by atoms with Gasteiger partial charge in [-0.15, -0.1) is 0 Å². The lowest BCUT2D eigenvalue weighted by atomic mass is 9.83. The van der Waals surface area contributed by atoms with Gasteiger partial charge in [0.15, 0.2) is 0 Å². The van der Waals surface area contributed by atoms with Crippen LogP contribution in [0.2, 0.25) is 0 Å². The maximum atomic E-state index is 7.63. The van der Waals surface area contributed by atoms with Gasteiger partial charge < -0.3 is 13.9 Å². The summed E-state index contributed by atoms with van der Waals surface area (Å²) in [6.45, 7) is 30.9. The predicted octanol–water partition coefficient (Wildman–Crippen LogP) is 10.1. The molecule has 0 N–H and O–H groups in total. The van der Waals surface area contributed by atoms with Crippen LogP contribution in [0.3, 0.4) is 0 Å². The number of aromatic nitrogens is 2. The van der Waals surface area contributed by atoms with E-state index >= 15 is 0 Å². The maximum Gasteiger partial charge on any atom is 0.148 e. The minimum Gasteiger partial charge on any atom is -0.329 e. The molecule has 0 saturated carbocycles. The number of nitrogens with zero attached hydrogens (tertiary/aromatic N) is 2. The van der Waals surface area contributed by atoms with Crippen LogP contribution in [0.15, 0.2) is 0 Å². The van der Waals surface area contributed by atoms with Crippen molar-refractivity contribution >= 4 is 43.6 Å². The lowest BCUT2D eigenvalue weighted by Crippen LogP contribution is -2.36. The second kappa shape index (κ2) is 7.40. The van der Waals surface area contributed by atoms with Crippen LogP contribution in [0.1, 0.15) is 103 Å². The molecule has 2 aliphatic heterocycles. The second-order valence-electron chi connectivity index (χ2n) is 14.7. The number of rotatable bonds is 0. The lowest BCUT2D eigenvalue weighted by molar-refractivity contribution is -0.173. The maximum absolute atomic E-state index is 7.63. The van der Waals surface area contributed by atoms with Crippen molar-refractivity contribution in [3.63, 3.8) is 0 Å². The van der Waals surface area contributed by atoms with Crippen molar-refractivity contribution in [1.82, 2.24) is 9.13 Å². The van der Waals surface area contributed by atoms with Crippen molar-refractivity contribution < 1.29 is 4.74 Å². The minimum absolute atomic E-state index is 0.340. The highest BCUT2D eigenvalue weighted by atomic mass is 16.6. The molecule has 41 heavy (non-hydrogen) atoms. The molecule has 4 heterocycles. The molecule has 3 nitrogen and oxygen atoms in total. The zero-order chi connectivity index (χ0) is 29.4. The summed E-state index contributed by atoms with van der Waals surface area (Å²) < 4.78 is 13.1. The second-order valence-corrected chi connectivity index (χ2v) is 14.7. The molecule has 2 bridgehead atoms. The Morgan fingerprint density at radius 2 is 0.951 bits per heavy atom. The van der Waals surface area contributed by atoms with E-state index in [1.165, 1.54) is 94.5 Å². The molecular formula is C38H46N2O. The van der Waals surface area contributed by atoms with E-state index in [1.807, 2.05) is 0 Å². The first kappa shape index (κ1) is 25.9. The first-order chi connectivity index (χ1) is 19.2. The summed E-state index contributed by atoms with van der Waals surface area (Å²) in [6, 6.07) is 0. The molecule has 0 radical (unpaired) electrons. The largest absolute Gasteiger partial charge is 0.329 e. The van der Waals surface area contributed by atoms with Crippen molar-refractivity contribution in [2.45, 2.75) is 120 Å². The Labute approximate surface area is 244 Å². The van der Waals surface area contributed by atoms with Gasteiger partial charge in [-0.2, -0.15) is 0 Å². The summed E-state index contributed by atoms with van der Waals surface area (Å²) in [5, 5.41) is 5.99. The van der Waals surface area contributed by atoms with Gasteiger partial charge in [-0.1, -0.05) is 20.8 Å². The zero-order valence-electron chi connectivity index (χ0n) is 27.4. The van der Waals surface area contributed by atoms with Crippen molar-refractivity contribution in [3.8, 4) is 0 Å². The van der Waals surface area contributed by atoms with Gasteiger partial charge >= 0.3 is 0 Å². The third kappa shape index (κ3) is 2.49. The smallest absolute Gasteiger partial charge is 0.148 e. The molecule has 5 aromatic rings. The Kier molecular flexibility index (Phi) is 4.67. The fraction of sp³-hybridized carbons (Fsp3) is 0.526. The molecule has 3 aliphatic rings. The summed E-state index contributed by atoms with van der Waals surface area (Å²) in [5.74, 6) is 1.22. The van der Waals surface area contributed by atoms with Gasteiger partial charge in [-0.25, -0.2) is 0 Å². The Morgan fingerprint density at radius 1 is 0.537 bits per heavy atom. The van der Waals surface area contributed by atoms with Gasteiger partial charge in [-0.05, 0) is 144 Å². The van der Waals surface area contributed by atoms with Crippen LogP contribution in [-0.4, -0.2) is 9.13 Å². The first-order valence-corrected chi connectivity index (χ1v) is 15.9. The number of benzene rings is 3. The van der Waals surface area contributed by atoms with E-state index in [0.717, 1.165) is 6.42 Å². The molecule has 5 atom stereocenters. The molecule has 0 spiro atoms. The van der Waals surface area contributed by atoms with E-state index in [4.69, 9.17) is 4.74 Å². The molecule has 1 fully saturated rings. The quantitative estimate of drug-likeness (QED) is 0.189. The predicted molar refractivity (Wildman–Crippen MR) is 174 cm³/mol. The average Bonchev–Trinajstić information content (AvgIpc) is 3.63. The summed E-state index contributed by atoms with van der Waals surface area (Å²) in [6.07, 6.45) is 2.39. The molecule has 1 saturated heterocycles. The van der Waals surface area contributed by atoms with Gasteiger partial charge in [0, 0.05) is 33.4 Å². The molecular weight excluding hydrogens is 500 g/mol. The van der Waals surface area contributed by atoms with Gasteiger partial charge in [0.05, 0.1) is 22.1 Å². The lowest BCUT2D eigenvalue weighted by Gasteiger charge is -2.34. The number of ether oxygens (including phenoxy) is 1. The molecule has 3 heteroatoms. The SMILES string of the molecule is Cc1c(C)c(C)c2c(c1C)c1c3c(c4c5c(C)c(C)c(C)c(C)c5n5c4c1n2C1(C)OC5(C)C(C)C1C)C(C)CC3. The Bertz CT molecular complexity index is 2080. The van der Waals surface area contributed by atoms with E-state index < -0.39 is 11.4 Å². The van der Waals surface area contributed by atoms with Crippen LogP contribution in [0.25, 0.3) is 43.6 Å². The number of hydrogen-bond acceptors (Lipinski definition) is 1. The highest BCUT2D eigenvalue weighted by Crippen LogP contribution is 2.62. The van der Waals surface area contributed by atoms with Crippen LogP contribution < -0.4 is 0 Å². The number of hydrogen-bond donors (Lipinski definition) is 0. The highest BCUT2D eigenvalue weighted by molar-refractivity contribution is 6.27. The van der Waals surface area contributed by atoms with E-state index in [0.29, 0.717) is 17.8 Å². The van der Waals surface area contributed by atoms with E-state index in [9.17, 15) is 0 Å². The number of aryl methyl sites for hydroxylation is 5. The summed E-state index contributed by atoms with van der Waals surface area (Å²) in [5.41, 5.74) is 19.4. The van der Waals surface area contributed by atoms with Crippen LogP contribution in [0.5, 0.6) is 0 Å². The van der Waals surface area contributed by atoms with Crippen LogP contribution in [0.4, 0.5) is 0 Å². The van der Waals surface area contributed by atoms with Gasteiger partial charge in [0.2, 0.25) is 0 Å². The molecule has 3 aromatic carbocycles. The molecule has 8 rings (SSSR count). The molecule has 5 unspecified atom stereocenters. The molecule has 2 aromatic heterocycles. The highest BCUT2D eigenvalue weighted by Gasteiger charge is 2.60. The topological polar surface area (TPSA) is 19.1 Å². The third-order valence-corrected chi connectivity index (χ3v) is 13.4. The first-order valence-electron chi connectivity index (χ1n) is 15.9. The zero-order valence-corrected chi connectivity index (χ0v) is 27.4. The minimum atomic E-state index is -0.454. The van der Waals surface area contributed by atoms with E-state index in [1.54, 1.807) is 11.1 Å². The molecule has 0 amide bonds. The van der Waals surface area contributed by atoms with Crippen LogP contribution in [-0.2, 0) is 22.6 Å². The van der Waals surface area contributed by atoms with Crippen molar-refractivity contribution in [3.05, 3.63) is 55.6 Å². The monoisotopic (exact) mass is 546 g/mol. The van der Waals surface area contributed by atoms with Crippen LogP contribution >= 0.6 is 0 Å². The Hall–Kier alpha value is -2.78. The molecule has 214 valence electrons. The fourth-order valence-corrected chi connectivity index (χ4v) is 9.96. The summed E-state index contributed by atoms with van der Waals surface area (Å²) in [4.78, 5) is 0. The van der Waals surface area contributed by atoms with E-state index in [-0.39, 0.29) is 0 Å². The molecule has 1 aliphatic carbocycles.